The van der Waals surface area contributed by atoms with E-state index in [9.17, 15) is 14.4 Å². The summed E-state index contributed by atoms with van der Waals surface area (Å²) in [6.45, 7) is 2.91. The predicted molar refractivity (Wildman–Crippen MR) is 99.1 cm³/mol. The lowest BCUT2D eigenvalue weighted by atomic mass is 10.1. The minimum Gasteiger partial charge on any atom is -0.449 e. The molecule has 9 nitrogen and oxygen atoms in total. The Kier molecular flexibility index (Phi) is 5.54. The number of tetrazole rings is 1. The molecule has 1 N–H and O–H groups in total. The first kappa shape index (κ1) is 18.9. The number of ketones is 1. The van der Waals surface area contributed by atoms with Crippen LogP contribution in [0.5, 0.6) is 0 Å². The van der Waals surface area contributed by atoms with Crippen LogP contribution >= 0.6 is 0 Å². The second kappa shape index (κ2) is 8.21. The van der Waals surface area contributed by atoms with Crippen molar-refractivity contribution in [3.05, 3.63) is 66.0 Å². The van der Waals surface area contributed by atoms with Gasteiger partial charge in [-0.05, 0) is 60.7 Å². The van der Waals surface area contributed by atoms with E-state index in [1.807, 2.05) is 0 Å². The lowest BCUT2D eigenvalue weighted by molar-refractivity contribution is -0.123. The lowest BCUT2D eigenvalue weighted by Crippen LogP contribution is -2.30. The van der Waals surface area contributed by atoms with Crippen molar-refractivity contribution >= 4 is 23.3 Å². The normalized spacial score (nSPS) is 11.5. The highest BCUT2D eigenvalue weighted by Gasteiger charge is 2.19. The molecule has 0 saturated carbocycles. The zero-order valence-corrected chi connectivity index (χ0v) is 15.2. The van der Waals surface area contributed by atoms with E-state index < -0.39 is 18.0 Å². The molecule has 1 unspecified atom stereocenters. The van der Waals surface area contributed by atoms with Crippen molar-refractivity contribution in [3.63, 3.8) is 0 Å². The van der Waals surface area contributed by atoms with Gasteiger partial charge in [-0.15, -0.1) is 5.10 Å². The van der Waals surface area contributed by atoms with Gasteiger partial charge >= 0.3 is 5.97 Å². The molecule has 0 spiro atoms. The number of nitrogens with one attached hydrogen (secondary N) is 1. The maximum absolute atomic E-state index is 12.3. The molecule has 0 fully saturated rings. The molecule has 0 aliphatic rings. The quantitative estimate of drug-likeness (QED) is 0.515. The van der Waals surface area contributed by atoms with E-state index >= 15 is 0 Å². The summed E-state index contributed by atoms with van der Waals surface area (Å²) in [6.07, 6.45) is 0.411. The number of hydrogen-bond donors (Lipinski definition) is 1. The molecule has 1 heterocycles. The van der Waals surface area contributed by atoms with E-state index in [1.54, 1.807) is 48.5 Å². The van der Waals surface area contributed by atoms with Gasteiger partial charge in [-0.25, -0.2) is 9.48 Å². The number of ether oxygens (including phenoxy) is 1. The third kappa shape index (κ3) is 4.44. The molecule has 1 aromatic heterocycles. The van der Waals surface area contributed by atoms with Crippen LogP contribution in [0.15, 0.2) is 54.9 Å². The number of amides is 1. The Balaban J connectivity index is 1.61. The Bertz CT molecular complexity index is 999. The Hall–Kier alpha value is -3.88. The zero-order chi connectivity index (χ0) is 20.1. The van der Waals surface area contributed by atoms with E-state index in [-0.39, 0.29) is 11.3 Å². The van der Waals surface area contributed by atoms with Crippen molar-refractivity contribution in [3.8, 4) is 5.69 Å². The van der Waals surface area contributed by atoms with Gasteiger partial charge in [0.25, 0.3) is 5.91 Å². The Morgan fingerprint density at radius 1 is 1.07 bits per heavy atom. The van der Waals surface area contributed by atoms with E-state index in [1.165, 1.54) is 24.9 Å². The monoisotopic (exact) mass is 379 g/mol. The summed E-state index contributed by atoms with van der Waals surface area (Å²) in [5.74, 6) is -1.25. The number of benzene rings is 2. The summed E-state index contributed by atoms with van der Waals surface area (Å²) in [4.78, 5) is 36.0. The first-order chi connectivity index (χ1) is 13.4. The van der Waals surface area contributed by atoms with Gasteiger partial charge in [0.15, 0.2) is 11.9 Å². The van der Waals surface area contributed by atoms with Crippen molar-refractivity contribution in [2.24, 2.45) is 0 Å². The smallest absolute Gasteiger partial charge is 0.338 e. The van der Waals surface area contributed by atoms with Gasteiger partial charge in [-0.2, -0.15) is 0 Å². The highest BCUT2D eigenvalue weighted by Crippen LogP contribution is 2.13. The number of nitrogens with zero attached hydrogens (tertiary/aromatic N) is 4. The minimum atomic E-state index is -1.02. The Morgan fingerprint density at radius 2 is 1.82 bits per heavy atom. The van der Waals surface area contributed by atoms with Gasteiger partial charge in [0.05, 0.1) is 11.3 Å². The average Bonchev–Trinajstić information content (AvgIpc) is 3.23. The third-order valence-corrected chi connectivity index (χ3v) is 3.91. The Morgan fingerprint density at radius 3 is 2.46 bits per heavy atom. The molecule has 2 aromatic carbocycles. The zero-order valence-electron chi connectivity index (χ0n) is 15.2. The first-order valence-corrected chi connectivity index (χ1v) is 8.40. The number of carbonyl (C=O) groups excluding carboxylic acids is 3. The van der Waals surface area contributed by atoms with Crippen molar-refractivity contribution in [1.82, 2.24) is 20.2 Å². The first-order valence-electron chi connectivity index (χ1n) is 8.40. The maximum Gasteiger partial charge on any atom is 0.338 e. The SMILES string of the molecule is CC(=O)c1cccc(NC(=O)C(C)OC(=O)c2ccc(-n3cnnn3)cc2)c1. The molecule has 28 heavy (non-hydrogen) atoms. The van der Waals surface area contributed by atoms with Gasteiger partial charge in [0.1, 0.15) is 6.33 Å². The van der Waals surface area contributed by atoms with E-state index in [0.29, 0.717) is 16.9 Å². The summed E-state index contributed by atoms with van der Waals surface area (Å²) in [6, 6.07) is 13.0. The molecule has 1 amide bonds. The number of esters is 1. The highest BCUT2D eigenvalue weighted by molar-refractivity contribution is 5.99. The molecule has 1 atom stereocenters. The van der Waals surface area contributed by atoms with Gasteiger partial charge in [-0.1, -0.05) is 12.1 Å². The molecule has 0 saturated heterocycles. The van der Waals surface area contributed by atoms with Crippen molar-refractivity contribution in [2.45, 2.75) is 20.0 Å². The molecule has 9 heteroatoms. The topological polar surface area (TPSA) is 116 Å². The molecule has 3 rings (SSSR count). The highest BCUT2D eigenvalue weighted by atomic mass is 16.5. The molecule has 3 aromatic rings. The minimum absolute atomic E-state index is 0.110. The second-order valence-electron chi connectivity index (χ2n) is 5.98. The van der Waals surface area contributed by atoms with E-state index in [0.717, 1.165) is 0 Å². The van der Waals surface area contributed by atoms with Crippen LogP contribution in [-0.2, 0) is 9.53 Å². The fourth-order valence-electron chi connectivity index (χ4n) is 2.37. The fourth-order valence-corrected chi connectivity index (χ4v) is 2.37. The molecule has 142 valence electrons. The molecule has 0 bridgehead atoms. The van der Waals surface area contributed by atoms with Crippen LogP contribution in [0, 0.1) is 0 Å². The number of rotatable bonds is 6. The summed E-state index contributed by atoms with van der Waals surface area (Å²) in [5.41, 5.74) is 1.89. The van der Waals surface area contributed by atoms with Crippen LogP contribution in [-0.4, -0.2) is 44.0 Å². The summed E-state index contributed by atoms with van der Waals surface area (Å²) in [7, 11) is 0. The van der Waals surface area contributed by atoms with Crippen LogP contribution in [0.25, 0.3) is 5.69 Å². The number of carbonyl (C=O) groups is 3. The van der Waals surface area contributed by atoms with Gasteiger partial charge in [-0.3, -0.25) is 9.59 Å². The van der Waals surface area contributed by atoms with Crippen LogP contribution in [0.2, 0.25) is 0 Å². The van der Waals surface area contributed by atoms with Crippen LogP contribution in [0.4, 0.5) is 5.69 Å². The standard InChI is InChI=1S/C19H17N5O4/c1-12(25)15-4-3-5-16(10-15)21-18(26)13(2)28-19(27)14-6-8-17(9-7-14)24-11-20-22-23-24/h3-11,13H,1-2H3,(H,21,26). The maximum atomic E-state index is 12.3. The van der Waals surface area contributed by atoms with Crippen molar-refractivity contribution in [1.29, 1.82) is 0 Å². The summed E-state index contributed by atoms with van der Waals surface area (Å²) in [5, 5.41) is 13.5. The third-order valence-electron chi connectivity index (χ3n) is 3.91. The fraction of sp³-hybridized carbons (Fsp3) is 0.158. The number of aromatic nitrogens is 4. The molecule has 0 radical (unpaired) electrons. The summed E-state index contributed by atoms with van der Waals surface area (Å²) >= 11 is 0. The summed E-state index contributed by atoms with van der Waals surface area (Å²) < 4.78 is 6.66. The number of hydrogen-bond acceptors (Lipinski definition) is 7. The molecular formula is C19H17N5O4. The number of Topliss-reactive ketones (excluding diaryl/α,β-unsaturated/α-hetero) is 1. The van der Waals surface area contributed by atoms with Gasteiger partial charge < -0.3 is 10.1 Å². The second-order valence-corrected chi connectivity index (χ2v) is 5.98. The predicted octanol–water partition coefficient (Wildman–Crippen LogP) is 2.05. The van der Waals surface area contributed by atoms with Crippen LogP contribution in [0.3, 0.4) is 0 Å². The Labute approximate surface area is 160 Å². The average molecular weight is 379 g/mol. The van der Waals surface area contributed by atoms with E-state index in [2.05, 4.69) is 20.8 Å². The van der Waals surface area contributed by atoms with E-state index in [4.69, 9.17) is 4.74 Å². The van der Waals surface area contributed by atoms with Crippen LogP contribution < -0.4 is 5.32 Å². The molecular weight excluding hydrogens is 362 g/mol. The van der Waals surface area contributed by atoms with Crippen LogP contribution in [0.1, 0.15) is 34.6 Å². The largest absolute Gasteiger partial charge is 0.449 e. The van der Waals surface area contributed by atoms with Crippen molar-refractivity contribution < 1.29 is 19.1 Å². The van der Waals surface area contributed by atoms with Gasteiger partial charge in [0.2, 0.25) is 0 Å². The molecule has 0 aliphatic heterocycles. The lowest BCUT2D eigenvalue weighted by Gasteiger charge is -2.14. The number of anilines is 1. The van der Waals surface area contributed by atoms with Crippen molar-refractivity contribution in [2.75, 3.05) is 5.32 Å². The van der Waals surface area contributed by atoms with Gasteiger partial charge in [0, 0.05) is 11.3 Å². The molecule has 0 aliphatic carbocycles.